The second-order valence-electron chi connectivity index (χ2n) is 8.22. The molecule has 0 fully saturated rings. The summed E-state index contributed by atoms with van der Waals surface area (Å²) >= 11 is 0. The molecule has 150 valence electrons. The fourth-order valence-corrected chi connectivity index (χ4v) is 4.55. The highest BCUT2D eigenvalue weighted by molar-refractivity contribution is 5.85. The smallest absolute Gasteiger partial charge is 0.0788 e. The molecule has 5 rings (SSSR count). The molecule has 1 aliphatic heterocycles. The monoisotopic (exact) mass is 388 g/mol. The number of H-pyrrole nitrogens is 1. The van der Waals surface area contributed by atoms with Crippen LogP contribution in [-0.2, 0) is 13.0 Å². The van der Waals surface area contributed by atoms with E-state index < -0.39 is 0 Å². The second kappa shape index (κ2) is 7.52. The molecule has 1 atom stereocenters. The molecule has 0 bridgehead atoms. The number of nitrogens with zero attached hydrogens (tertiary/aromatic N) is 5. The summed E-state index contributed by atoms with van der Waals surface area (Å²) in [7, 11) is 0. The standard InChI is InChI=1S/C23H28N6/c1-17(2)29-16-18(15-25-29)23-22-20(19-7-3-4-8-21(19)26-22)9-14-27(23)11-6-13-28-12-5-10-24-28/h3-5,7-8,10,12,15-17,23,26H,6,9,11,13-14H2,1-2H3/t23-/m0/s1. The molecule has 1 aromatic carbocycles. The zero-order valence-electron chi connectivity index (χ0n) is 17.1. The van der Waals surface area contributed by atoms with Gasteiger partial charge in [0.15, 0.2) is 0 Å². The number of aryl methyl sites for hydroxylation is 1. The van der Waals surface area contributed by atoms with Gasteiger partial charge >= 0.3 is 0 Å². The van der Waals surface area contributed by atoms with Gasteiger partial charge in [-0.15, -0.1) is 0 Å². The van der Waals surface area contributed by atoms with Gasteiger partial charge < -0.3 is 4.98 Å². The normalized spacial score (nSPS) is 17.3. The van der Waals surface area contributed by atoms with Crippen LogP contribution in [0.25, 0.3) is 10.9 Å². The SMILES string of the molecule is CC(C)n1cc([C@H]2c3[nH]c4ccccc4c3CCN2CCCn2cccn2)cn1. The number of benzene rings is 1. The highest BCUT2D eigenvalue weighted by Gasteiger charge is 2.32. The van der Waals surface area contributed by atoms with Gasteiger partial charge in [-0.3, -0.25) is 14.3 Å². The number of para-hydroxylation sites is 1. The lowest BCUT2D eigenvalue weighted by molar-refractivity contribution is 0.204. The molecule has 6 heteroatoms. The molecule has 0 unspecified atom stereocenters. The van der Waals surface area contributed by atoms with Gasteiger partial charge in [-0.25, -0.2) is 0 Å². The Morgan fingerprint density at radius 1 is 1.14 bits per heavy atom. The summed E-state index contributed by atoms with van der Waals surface area (Å²) in [5.74, 6) is 0. The van der Waals surface area contributed by atoms with Crippen molar-refractivity contribution in [1.29, 1.82) is 0 Å². The summed E-state index contributed by atoms with van der Waals surface area (Å²) in [5.41, 5.74) is 5.30. The van der Waals surface area contributed by atoms with Crippen molar-refractivity contribution in [2.45, 2.75) is 45.3 Å². The van der Waals surface area contributed by atoms with E-state index in [9.17, 15) is 0 Å². The third-order valence-corrected chi connectivity index (χ3v) is 5.99. The van der Waals surface area contributed by atoms with Crippen molar-refractivity contribution in [1.82, 2.24) is 29.4 Å². The largest absolute Gasteiger partial charge is 0.357 e. The molecule has 4 heterocycles. The van der Waals surface area contributed by atoms with E-state index in [0.717, 1.165) is 32.5 Å². The Labute approximate surface area is 171 Å². The Balaban J connectivity index is 1.48. The van der Waals surface area contributed by atoms with Crippen molar-refractivity contribution in [2.24, 2.45) is 0 Å². The number of fused-ring (bicyclic) bond motifs is 3. The molecule has 0 aliphatic carbocycles. The Kier molecular flexibility index (Phi) is 4.72. The minimum atomic E-state index is 0.219. The third kappa shape index (κ3) is 3.38. The Bertz CT molecular complexity index is 1090. The summed E-state index contributed by atoms with van der Waals surface area (Å²) in [4.78, 5) is 6.34. The predicted molar refractivity (Wildman–Crippen MR) is 115 cm³/mol. The van der Waals surface area contributed by atoms with Crippen molar-refractivity contribution in [3.63, 3.8) is 0 Å². The number of rotatable bonds is 6. The van der Waals surface area contributed by atoms with E-state index in [2.05, 4.69) is 69.1 Å². The van der Waals surface area contributed by atoms with Gasteiger partial charge in [0.05, 0.1) is 12.2 Å². The van der Waals surface area contributed by atoms with E-state index >= 15 is 0 Å². The summed E-state index contributed by atoms with van der Waals surface area (Å²) in [6, 6.07) is 11.2. The van der Waals surface area contributed by atoms with Crippen LogP contribution in [0.1, 0.15) is 49.2 Å². The van der Waals surface area contributed by atoms with Crippen molar-refractivity contribution >= 4 is 10.9 Å². The number of aromatic amines is 1. The molecule has 29 heavy (non-hydrogen) atoms. The van der Waals surface area contributed by atoms with E-state index in [-0.39, 0.29) is 6.04 Å². The maximum atomic E-state index is 4.64. The highest BCUT2D eigenvalue weighted by Crippen LogP contribution is 2.38. The van der Waals surface area contributed by atoms with Crippen molar-refractivity contribution in [3.8, 4) is 0 Å². The first-order valence-electron chi connectivity index (χ1n) is 10.6. The molecular formula is C23H28N6. The highest BCUT2D eigenvalue weighted by atomic mass is 15.3. The van der Waals surface area contributed by atoms with Gasteiger partial charge in [0.1, 0.15) is 0 Å². The number of aromatic nitrogens is 5. The maximum absolute atomic E-state index is 4.64. The number of hydrogen-bond acceptors (Lipinski definition) is 3. The van der Waals surface area contributed by atoms with Gasteiger partial charge in [0.25, 0.3) is 0 Å². The zero-order valence-corrected chi connectivity index (χ0v) is 17.1. The second-order valence-corrected chi connectivity index (χ2v) is 8.22. The minimum Gasteiger partial charge on any atom is -0.357 e. The Hall–Kier alpha value is -2.86. The lowest BCUT2D eigenvalue weighted by Crippen LogP contribution is -2.37. The molecule has 0 saturated carbocycles. The molecule has 3 aromatic heterocycles. The zero-order chi connectivity index (χ0) is 19.8. The van der Waals surface area contributed by atoms with Crippen molar-refractivity contribution in [3.05, 3.63) is 71.9 Å². The van der Waals surface area contributed by atoms with Crippen molar-refractivity contribution in [2.75, 3.05) is 13.1 Å². The van der Waals surface area contributed by atoms with E-state index in [0.29, 0.717) is 6.04 Å². The van der Waals surface area contributed by atoms with Crippen LogP contribution < -0.4 is 0 Å². The van der Waals surface area contributed by atoms with E-state index in [1.54, 1.807) is 0 Å². The molecule has 0 amide bonds. The van der Waals surface area contributed by atoms with E-state index in [4.69, 9.17) is 0 Å². The van der Waals surface area contributed by atoms with Crippen LogP contribution in [0.4, 0.5) is 0 Å². The van der Waals surface area contributed by atoms with Gasteiger partial charge in [0.2, 0.25) is 0 Å². The predicted octanol–water partition coefficient (Wildman–Crippen LogP) is 4.18. The fraction of sp³-hybridized carbons (Fsp3) is 0.391. The average molecular weight is 389 g/mol. The number of nitrogens with one attached hydrogen (secondary N) is 1. The first kappa shape index (κ1) is 18.2. The van der Waals surface area contributed by atoms with Gasteiger partial charge in [0, 0.05) is 66.4 Å². The summed E-state index contributed by atoms with van der Waals surface area (Å²) in [5, 5.41) is 10.3. The third-order valence-electron chi connectivity index (χ3n) is 5.99. The number of hydrogen-bond donors (Lipinski definition) is 1. The van der Waals surface area contributed by atoms with Crippen LogP contribution in [-0.4, -0.2) is 42.5 Å². The summed E-state index contributed by atoms with van der Waals surface area (Å²) < 4.78 is 4.08. The lowest BCUT2D eigenvalue weighted by atomic mass is 9.94. The van der Waals surface area contributed by atoms with E-state index in [1.165, 1.54) is 27.7 Å². The van der Waals surface area contributed by atoms with Gasteiger partial charge in [-0.1, -0.05) is 18.2 Å². The van der Waals surface area contributed by atoms with Crippen LogP contribution in [0, 0.1) is 0 Å². The topological polar surface area (TPSA) is 54.7 Å². The maximum Gasteiger partial charge on any atom is 0.0788 e. The molecule has 1 aliphatic rings. The van der Waals surface area contributed by atoms with Gasteiger partial charge in [-0.05, 0) is 44.4 Å². The molecule has 0 spiro atoms. The molecule has 6 nitrogen and oxygen atoms in total. The molecule has 1 N–H and O–H groups in total. The quantitative estimate of drug-likeness (QED) is 0.539. The van der Waals surface area contributed by atoms with Gasteiger partial charge in [-0.2, -0.15) is 10.2 Å². The van der Waals surface area contributed by atoms with Crippen LogP contribution >= 0.6 is 0 Å². The minimum absolute atomic E-state index is 0.219. The molecule has 4 aromatic rings. The summed E-state index contributed by atoms with van der Waals surface area (Å²) in [6.07, 6.45) is 10.3. The van der Waals surface area contributed by atoms with Crippen LogP contribution in [0.3, 0.4) is 0 Å². The molecule has 0 radical (unpaired) electrons. The average Bonchev–Trinajstić information content (AvgIpc) is 3.47. The van der Waals surface area contributed by atoms with Crippen molar-refractivity contribution < 1.29 is 0 Å². The first-order chi connectivity index (χ1) is 14.2. The van der Waals surface area contributed by atoms with Crippen LogP contribution in [0.2, 0.25) is 0 Å². The Morgan fingerprint density at radius 2 is 2.03 bits per heavy atom. The summed E-state index contributed by atoms with van der Waals surface area (Å²) in [6.45, 7) is 7.39. The van der Waals surface area contributed by atoms with Crippen LogP contribution in [0.5, 0.6) is 0 Å². The van der Waals surface area contributed by atoms with Crippen LogP contribution in [0.15, 0.2) is 55.1 Å². The fourth-order valence-electron chi connectivity index (χ4n) is 4.55. The lowest BCUT2D eigenvalue weighted by Gasteiger charge is -2.35. The molecular weight excluding hydrogens is 360 g/mol. The van der Waals surface area contributed by atoms with E-state index in [1.807, 2.05) is 29.3 Å². The Morgan fingerprint density at radius 3 is 2.83 bits per heavy atom. The molecule has 0 saturated heterocycles. The first-order valence-corrected chi connectivity index (χ1v) is 10.6.